The molecule has 1 unspecified atom stereocenters. The number of nitrogens with zero attached hydrogens (tertiary/aromatic N) is 1. The van der Waals surface area contributed by atoms with Gasteiger partial charge in [-0.05, 0) is 27.4 Å². The second kappa shape index (κ2) is 5.30. The Bertz CT molecular complexity index is 112. The maximum atomic E-state index is 10.6. The topological polar surface area (TPSA) is 20.3 Å². The van der Waals surface area contributed by atoms with E-state index in [1.807, 2.05) is 14.1 Å². The van der Waals surface area contributed by atoms with Gasteiger partial charge in [-0.1, -0.05) is 13.3 Å². The van der Waals surface area contributed by atoms with Crippen LogP contribution < -0.4 is 0 Å². The van der Waals surface area contributed by atoms with Gasteiger partial charge in [0.1, 0.15) is 6.29 Å². The Balaban J connectivity index is 3.90. The Morgan fingerprint density at radius 2 is 2.00 bits per heavy atom. The molecule has 66 valence electrons. The fraction of sp³-hybridized carbons (Fsp3) is 0.889. The molecule has 0 fully saturated rings. The maximum absolute atomic E-state index is 10.6. The molecular formula is C9H19NO. The Labute approximate surface area is 69.6 Å². The molecule has 0 bridgehead atoms. The largest absolute Gasteiger partial charge is 0.306 e. The molecule has 0 aliphatic carbocycles. The van der Waals surface area contributed by atoms with E-state index in [2.05, 4.69) is 18.7 Å². The van der Waals surface area contributed by atoms with Crippen molar-refractivity contribution in [3.05, 3.63) is 0 Å². The highest BCUT2D eigenvalue weighted by Gasteiger charge is 2.16. The molecular weight excluding hydrogens is 138 g/mol. The van der Waals surface area contributed by atoms with Crippen molar-refractivity contribution < 1.29 is 4.79 Å². The fourth-order valence-electron chi connectivity index (χ4n) is 1.14. The molecule has 2 atom stereocenters. The highest BCUT2D eigenvalue weighted by atomic mass is 16.1. The first-order valence-electron chi connectivity index (χ1n) is 4.25. The number of aldehydes is 1. The molecule has 0 heterocycles. The predicted octanol–water partition coefficient (Wildman–Crippen LogP) is 1.55. The second-order valence-electron chi connectivity index (χ2n) is 3.29. The fourth-order valence-corrected chi connectivity index (χ4v) is 1.14. The average molecular weight is 157 g/mol. The SMILES string of the molecule is CCCC(C=O)[C@H](C)N(C)C. The maximum Gasteiger partial charge on any atom is 0.124 e. The summed E-state index contributed by atoms with van der Waals surface area (Å²) in [5.41, 5.74) is 0. The van der Waals surface area contributed by atoms with Crippen LogP contribution in [0, 0.1) is 5.92 Å². The lowest BCUT2D eigenvalue weighted by molar-refractivity contribution is -0.112. The highest BCUT2D eigenvalue weighted by Crippen LogP contribution is 2.11. The molecule has 0 aliphatic heterocycles. The molecule has 2 heteroatoms. The normalized spacial score (nSPS) is 16.5. The van der Waals surface area contributed by atoms with Crippen LogP contribution in [-0.2, 0) is 4.79 Å². The molecule has 0 amide bonds. The Hall–Kier alpha value is -0.370. The number of carbonyl (C=O) groups excluding carboxylic acids is 1. The van der Waals surface area contributed by atoms with Crippen molar-refractivity contribution in [1.29, 1.82) is 0 Å². The summed E-state index contributed by atoms with van der Waals surface area (Å²) in [4.78, 5) is 12.7. The van der Waals surface area contributed by atoms with Crippen LogP contribution in [-0.4, -0.2) is 31.3 Å². The van der Waals surface area contributed by atoms with Gasteiger partial charge in [-0.15, -0.1) is 0 Å². The highest BCUT2D eigenvalue weighted by molar-refractivity contribution is 5.54. The lowest BCUT2D eigenvalue weighted by Crippen LogP contribution is -2.33. The minimum atomic E-state index is 0.204. The molecule has 0 spiro atoms. The van der Waals surface area contributed by atoms with Crippen LogP contribution in [0.2, 0.25) is 0 Å². The number of hydrogen-bond donors (Lipinski definition) is 0. The third kappa shape index (κ3) is 3.51. The molecule has 0 radical (unpaired) electrons. The second-order valence-corrected chi connectivity index (χ2v) is 3.29. The van der Waals surface area contributed by atoms with E-state index < -0.39 is 0 Å². The first-order valence-corrected chi connectivity index (χ1v) is 4.25. The Kier molecular flexibility index (Phi) is 5.12. The van der Waals surface area contributed by atoms with Gasteiger partial charge in [-0.2, -0.15) is 0 Å². The van der Waals surface area contributed by atoms with Crippen LogP contribution in [0.1, 0.15) is 26.7 Å². The third-order valence-electron chi connectivity index (χ3n) is 2.23. The van der Waals surface area contributed by atoms with Gasteiger partial charge in [-0.25, -0.2) is 0 Å². The lowest BCUT2D eigenvalue weighted by Gasteiger charge is -2.24. The average Bonchev–Trinajstić information content (AvgIpc) is 1.98. The molecule has 0 saturated heterocycles. The van der Waals surface area contributed by atoms with Gasteiger partial charge in [-0.3, -0.25) is 0 Å². The van der Waals surface area contributed by atoms with Crippen molar-refractivity contribution in [2.24, 2.45) is 5.92 Å². The van der Waals surface area contributed by atoms with E-state index in [0.717, 1.165) is 19.1 Å². The number of carbonyl (C=O) groups is 1. The van der Waals surface area contributed by atoms with E-state index in [4.69, 9.17) is 0 Å². The summed E-state index contributed by atoms with van der Waals surface area (Å²) in [5.74, 6) is 0.204. The number of rotatable bonds is 5. The minimum Gasteiger partial charge on any atom is -0.306 e. The molecule has 0 rings (SSSR count). The van der Waals surface area contributed by atoms with Gasteiger partial charge in [0.25, 0.3) is 0 Å². The minimum absolute atomic E-state index is 0.204. The summed E-state index contributed by atoms with van der Waals surface area (Å²) >= 11 is 0. The van der Waals surface area contributed by atoms with Crippen LogP contribution >= 0.6 is 0 Å². The van der Waals surface area contributed by atoms with Crippen molar-refractivity contribution in [1.82, 2.24) is 4.90 Å². The van der Waals surface area contributed by atoms with E-state index in [1.54, 1.807) is 0 Å². The van der Waals surface area contributed by atoms with Crippen molar-refractivity contribution in [3.8, 4) is 0 Å². The summed E-state index contributed by atoms with van der Waals surface area (Å²) in [7, 11) is 4.02. The Morgan fingerprint density at radius 1 is 1.45 bits per heavy atom. The van der Waals surface area contributed by atoms with Crippen LogP contribution in [0.25, 0.3) is 0 Å². The molecule has 0 aromatic heterocycles. The van der Waals surface area contributed by atoms with Gasteiger partial charge in [0.2, 0.25) is 0 Å². The van der Waals surface area contributed by atoms with Crippen LogP contribution in [0.3, 0.4) is 0 Å². The smallest absolute Gasteiger partial charge is 0.124 e. The zero-order valence-electron chi connectivity index (χ0n) is 8.00. The van der Waals surface area contributed by atoms with Crippen LogP contribution in [0.15, 0.2) is 0 Å². The van der Waals surface area contributed by atoms with Crippen LogP contribution in [0.4, 0.5) is 0 Å². The first-order chi connectivity index (χ1) is 5.13. The molecule has 2 nitrogen and oxygen atoms in total. The van der Waals surface area contributed by atoms with E-state index in [-0.39, 0.29) is 5.92 Å². The predicted molar refractivity (Wildman–Crippen MR) is 47.6 cm³/mol. The van der Waals surface area contributed by atoms with Gasteiger partial charge < -0.3 is 9.69 Å². The van der Waals surface area contributed by atoms with Gasteiger partial charge in [0.15, 0.2) is 0 Å². The Morgan fingerprint density at radius 3 is 2.27 bits per heavy atom. The van der Waals surface area contributed by atoms with Gasteiger partial charge >= 0.3 is 0 Å². The molecule has 0 saturated carbocycles. The number of hydrogen-bond acceptors (Lipinski definition) is 2. The molecule has 0 N–H and O–H groups in total. The van der Waals surface area contributed by atoms with E-state index in [0.29, 0.717) is 6.04 Å². The van der Waals surface area contributed by atoms with Gasteiger partial charge in [0.05, 0.1) is 0 Å². The van der Waals surface area contributed by atoms with Crippen molar-refractivity contribution in [3.63, 3.8) is 0 Å². The zero-order valence-corrected chi connectivity index (χ0v) is 8.00. The van der Waals surface area contributed by atoms with E-state index in [1.165, 1.54) is 0 Å². The molecule has 11 heavy (non-hydrogen) atoms. The molecule has 0 aliphatic rings. The van der Waals surface area contributed by atoms with E-state index >= 15 is 0 Å². The first kappa shape index (κ1) is 10.6. The zero-order chi connectivity index (χ0) is 8.85. The summed E-state index contributed by atoms with van der Waals surface area (Å²) in [6.45, 7) is 4.20. The third-order valence-corrected chi connectivity index (χ3v) is 2.23. The quantitative estimate of drug-likeness (QED) is 0.564. The van der Waals surface area contributed by atoms with Crippen molar-refractivity contribution in [2.45, 2.75) is 32.7 Å². The van der Waals surface area contributed by atoms with Crippen molar-refractivity contribution in [2.75, 3.05) is 14.1 Å². The molecule has 0 aromatic rings. The summed E-state index contributed by atoms with van der Waals surface area (Å²) in [6.07, 6.45) is 3.17. The summed E-state index contributed by atoms with van der Waals surface area (Å²) in [6, 6.07) is 0.368. The summed E-state index contributed by atoms with van der Waals surface area (Å²) < 4.78 is 0. The lowest BCUT2D eigenvalue weighted by atomic mass is 9.97. The molecule has 0 aromatic carbocycles. The van der Waals surface area contributed by atoms with E-state index in [9.17, 15) is 4.79 Å². The monoisotopic (exact) mass is 157 g/mol. The van der Waals surface area contributed by atoms with Crippen LogP contribution in [0.5, 0.6) is 0 Å². The standard InChI is InChI=1S/C9H19NO/c1-5-6-9(7-11)8(2)10(3)4/h7-9H,5-6H2,1-4H3/t8-,9?/m0/s1. The van der Waals surface area contributed by atoms with Crippen molar-refractivity contribution >= 4 is 6.29 Å². The van der Waals surface area contributed by atoms with Gasteiger partial charge in [0, 0.05) is 12.0 Å². The summed E-state index contributed by atoms with van der Waals surface area (Å²) in [5, 5.41) is 0.